The summed E-state index contributed by atoms with van der Waals surface area (Å²) < 4.78 is 43.6. The maximum absolute atomic E-state index is 14.1. The van der Waals surface area contributed by atoms with Gasteiger partial charge in [0, 0.05) is 42.6 Å². The average Bonchev–Trinajstić information content (AvgIpc) is 2.80. The summed E-state index contributed by atoms with van der Waals surface area (Å²) in [4.78, 5) is 22.6. The molecule has 11 heteroatoms. The second-order valence-corrected chi connectivity index (χ2v) is 10.7. The number of aromatic nitrogens is 2. The quantitative estimate of drug-likeness (QED) is 0.376. The number of benzene rings is 2. The molecule has 2 aromatic carbocycles. The minimum Gasteiger partial charge on any atom is -0.304 e. The molecule has 1 saturated heterocycles. The zero-order chi connectivity index (χ0) is 25.3. The minimum absolute atomic E-state index is 0.0440. The lowest BCUT2D eigenvalue weighted by Gasteiger charge is -2.33. The highest BCUT2D eigenvalue weighted by atomic mass is 35.5. The van der Waals surface area contributed by atoms with Crippen molar-refractivity contribution in [1.82, 2.24) is 19.4 Å². The maximum Gasteiger partial charge on any atom is 0.416 e. The molecular weight excluding hydrogens is 520 g/mol. The Labute approximate surface area is 215 Å². The van der Waals surface area contributed by atoms with Gasteiger partial charge in [0.1, 0.15) is 0 Å². The van der Waals surface area contributed by atoms with Crippen molar-refractivity contribution in [2.75, 3.05) is 39.0 Å². The molecule has 0 saturated carbocycles. The fourth-order valence-electron chi connectivity index (χ4n) is 4.20. The first-order valence-electron chi connectivity index (χ1n) is 11.2. The van der Waals surface area contributed by atoms with Gasteiger partial charge in [-0.25, -0.2) is 4.98 Å². The Morgan fingerprint density at radius 2 is 1.80 bits per heavy atom. The van der Waals surface area contributed by atoms with E-state index in [1.165, 1.54) is 10.9 Å². The highest BCUT2D eigenvalue weighted by Gasteiger charge is 2.36. The van der Waals surface area contributed by atoms with Gasteiger partial charge < -0.3 is 4.90 Å². The number of likely N-dealkylation sites (N-methyl/N-ethyl adjacent to an activating group) is 1. The average molecular weight is 545 g/mol. The molecule has 1 aliphatic heterocycles. The van der Waals surface area contributed by atoms with Crippen LogP contribution in [0.2, 0.25) is 10.0 Å². The molecule has 0 N–H and O–H groups in total. The van der Waals surface area contributed by atoms with Crippen LogP contribution in [-0.2, 0) is 19.3 Å². The van der Waals surface area contributed by atoms with Crippen LogP contribution in [-0.4, -0.2) is 58.3 Å². The van der Waals surface area contributed by atoms with Crippen molar-refractivity contribution in [3.63, 3.8) is 0 Å². The van der Waals surface area contributed by atoms with Gasteiger partial charge in [0.05, 0.1) is 34.4 Å². The number of hydrogen-bond acceptors (Lipinski definition) is 5. The Morgan fingerprint density at radius 3 is 2.46 bits per heavy atom. The fourth-order valence-corrected chi connectivity index (χ4v) is 5.50. The van der Waals surface area contributed by atoms with Gasteiger partial charge in [0.2, 0.25) is 0 Å². The molecule has 2 heterocycles. The smallest absolute Gasteiger partial charge is 0.304 e. The molecule has 0 atom stereocenters. The van der Waals surface area contributed by atoms with E-state index in [0.29, 0.717) is 18.1 Å². The van der Waals surface area contributed by atoms with E-state index in [0.717, 1.165) is 35.4 Å². The van der Waals surface area contributed by atoms with Gasteiger partial charge in [-0.15, -0.1) is 11.8 Å². The summed E-state index contributed by atoms with van der Waals surface area (Å²) in [5.41, 5.74) is -0.644. The van der Waals surface area contributed by atoms with Crippen molar-refractivity contribution in [2.24, 2.45) is 0 Å². The van der Waals surface area contributed by atoms with Crippen LogP contribution >= 0.6 is 35.0 Å². The first kappa shape index (κ1) is 26.3. The van der Waals surface area contributed by atoms with Gasteiger partial charge in [-0.3, -0.25) is 14.3 Å². The molecule has 4 rings (SSSR count). The van der Waals surface area contributed by atoms with Crippen molar-refractivity contribution < 1.29 is 13.2 Å². The van der Waals surface area contributed by atoms with Crippen LogP contribution in [0.3, 0.4) is 0 Å². The number of thioether (sulfide) groups is 1. The second kappa shape index (κ2) is 10.7. The molecule has 35 heavy (non-hydrogen) atoms. The predicted octanol–water partition coefficient (Wildman–Crippen LogP) is 5.63. The number of fused-ring (bicyclic) bond motifs is 1. The lowest BCUT2D eigenvalue weighted by molar-refractivity contribution is -0.138. The molecule has 5 nitrogen and oxygen atoms in total. The minimum atomic E-state index is -4.66. The van der Waals surface area contributed by atoms with E-state index in [1.54, 1.807) is 23.9 Å². The molecule has 0 aliphatic carbocycles. The third-order valence-electron chi connectivity index (χ3n) is 6.11. The molecule has 1 aromatic heterocycles. The summed E-state index contributed by atoms with van der Waals surface area (Å²) in [6.07, 6.45) is -3.32. The third-order valence-corrected chi connectivity index (χ3v) is 7.75. The van der Waals surface area contributed by atoms with Gasteiger partial charge in [-0.05, 0) is 48.2 Å². The highest BCUT2D eigenvalue weighted by molar-refractivity contribution is 7.99. The van der Waals surface area contributed by atoms with E-state index in [-0.39, 0.29) is 34.6 Å². The van der Waals surface area contributed by atoms with Crippen LogP contribution in [0, 0.1) is 0 Å². The van der Waals surface area contributed by atoms with E-state index >= 15 is 0 Å². The zero-order valence-electron chi connectivity index (χ0n) is 19.3. The van der Waals surface area contributed by atoms with E-state index < -0.39 is 17.3 Å². The van der Waals surface area contributed by atoms with Crippen LogP contribution in [0.25, 0.3) is 10.9 Å². The molecule has 0 unspecified atom stereocenters. The van der Waals surface area contributed by atoms with Crippen molar-refractivity contribution in [3.05, 3.63) is 67.7 Å². The summed E-state index contributed by atoms with van der Waals surface area (Å²) in [7, 11) is 1.98. The summed E-state index contributed by atoms with van der Waals surface area (Å²) in [5, 5.41) is 0.236. The number of hydrogen-bond donors (Lipinski definition) is 0. The molecule has 0 spiro atoms. The Bertz CT molecular complexity index is 1290. The molecule has 1 fully saturated rings. The normalized spacial score (nSPS) is 15.7. The predicted molar refractivity (Wildman–Crippen MR) is 136 cm³/mol. The monoisotopic (exact) mass is 544 g/mol. The van der Waals surface area contributed by atoms with Crippen LogP contribution in [0.4, 0.5) is 13.2 Å². The van der Waals surface area contributed by atoms with Gasteiger partial charge >= 0.3 is 6.18 Å². The summed E-state index contributed by atoms with van der Waals surface area (Å²) in [6.45, 7) is 4.97. The summed E-state index contributed by atoms with van der Waals surface area (Å²) in [6, 6.07) is 6.29. The molecule has 1 aliphatic rings. The van der Waals surface area contributed by atoms with Gasteiger partial charge in [0.15, 0.2) is 0 Å². The molecule has 3 aromatic rings. The van der Waals surface area contributed by atoms with Gasteiger partial charge in [0.25, 0.3) is 5.56 Å². The molecular formula is C24H25Cl2F3N4OS. The standard InChI is InChI=1S/C24H25Cl2F3N4OS/c1-3-35-20-5-4-16(25)10-15(20)12-33-14-30-22-17(23(33)34)11-19(24(27,28)29)18(21(22)26)13-32-8-6-31(2)7-9-32/h4-5,10-11,14H,3,6-9,12-13H2,1-2H3. The highest BCUT2D eigenvalue weighted by Crippen LogP contribution is 2.39. The van der Waals surface area contributed by atoms with Crippen molar-refractivity contribution in [3.8, 4) is 0 Å². The SMILES string of the molecule is CCSc1ccc(Cl)cc1Cn1cnc2c(Cl)c(CN3CCN(C)CC3)c(C(F)(F)F)cc2c1=O. The number of halogens is 5. The maximum atomic E-state index is 14.1. The van der Waals surface area contributed by atoms with Crippen LogP contribution in [0.5, 0.6) is 0 Å². The summed E-state index contributed by atoms with van der Waals surface area (Å²) in [5.74, 6) is 0.820. The van der Waals surface area contributed by atoms with E-state index in [1.807, 2.05) is 24.9 Å². The van der Waals surface area contributed by atoms with Gasteiger partial charge in [-0.1, -0.05) is 30.1 Å². The fraction of sp³-hybridized carbons (Fsp3) is 0.417. The van der Waals surface area contributed by atoms with E-state index in [4.69, 9.17) is 23.2 Å². The Hall–Kier alpha value is -1.78. The van der Waals surface area contributed by atoms with Crippen LogP contribution in [0.15, 0.2) is 40.3 Å². The Kier molecular flexibility index (Phi) is 8.02. The second-order valence-electron chi connectivity index (χ2n) is 8.55. The molecule has 0 amide bonds. The Balaban J connectivity index is 1.78. The third kappa shape index (κ3) is 5.80. The van der Waals surface area contributed by atoms with E-state index in [9.17, 15) is 18.0 Å². The lowest BCUT2D eigenvalue weighted by Crippen LogP contribution is -2.44. The first-order valence-corrected chi connectivity index (χ1v) is 12.9. The Morgan fingerprint density at radius 1 is 1.09 bits per heavy atom. The molecule has 0 radical (unpaired) electrons. The lowest BCUT2D eigenvalue weighted by atomic mass is 10.0. The zero-order valence-corrected chi connectivity index (χ0v) is 21.7. The van der Waals surface area contributed by atoms with Crippen molar-refractivity contribution >= 4 is 45.9 Å². The number of alkyl halides is 3. The van der Waals surface area contributed by atoms with Crippen LogP contribution < -0.4 is 5.56 Å². The van der Waals surface area contributed by atoms with Crippen LogP contribution in [0.1, 0.15) is 23.6 Å². The molecule has 188 valence electrons. The number of rotatable bonds is 6. The first-order chi connectivity index (χ1) is 16.6. The topological polar surface area (TPSA) is 41.4 Å². The van der Waals surface area contributed by atoms with Gasteiger partial charge in [-0.2, -0.15) is 13.2 Å². The largest absolute Gasteiger partial charge is 0.416 e. The van der Waals surface area contributed by atoms with Crippen molar-refractivity contribution in [1.29, 1.82) is 0 Å². The summed E-state index contributed by atoms with van der Waals surface area (Å²) >= 11 is 14.3. The van der Waals surface area contributed by atoms with Crippen molar-refractivity contribution in [2.45, 2.75) is 31.1 Å². The molecule has 0 bridgehead atoms. The number of nitrogens with zero attached hydrogens (tertiary/aromatic N) is 4. The number of piperazine rings is 1. The van der Waals surface area contributed by atoms with E-state index in [2.05, 4.69) is 9.88 Å².